The second-order valence-electron chi connectivity index (χ2n) is 6.28. The van der Waals surface area contributed by atoms with E-state index in [2.05, 4.69) is 36.2 Å². The van der Waals surface area contributed by atoms with Crippen LogP contribution in [-0.2, 0) is 11.3 Å². The summed E-state index contributed by atoms with van der Waals surface area (Å²) in [6.45, 7) is 2.46. The van der Waals surface area contributed by atoms with E-state index in [1.807, 2.05) is 36.5 Å². The first-order valence-corrected chi connectivity index (χ1v) is 8.46. The van der Waals surface area contributed by atoms with Gasteiger partial charge in [-0.05, 0) is 18.1 Å². The van der Waals surface area contributed by atoms with Crippen LogP contribution in [0.15, 0.2) is 60.8 Å². The Morgan fingerprint density at radius 1 is 1.00 bits per heavy atom. The number of nitrogens with zero attached hydrogens (tertiary/aromatic N) is 3. The maximum Gasteiger partial charge on any atom is 0.165 e. The van der Waals surface area contributed by atoms with Crippen LogP contribution in [0.5, 0.6) is 0 Å². The molecule has 5 heteroatoms. The third-order valence-corrected chi connectivity index (χ3v) is 4.46. The molecule has 4 rings (SSSR count). The minimum Gasteiger partial charge on any atom is -0.383 e. The van der Waals surface area contributed by atoms with Crippen molar-refractivity contribution in [1.82, 2.24) is 14.6 Å². The van der Waals surface area contributed by atoms with E-state index >= 15 is 0 Å². The molecule has 26 heavy (non-hydrogen) atoms. The fourth-order valence-electron chi connectivity index (χ4n) is 3.14. The summed E-state index contributed by atoms with van der Waals surface area (Å²) in [7, 11) is 1.66. The molecule has 0 saturated carbocycles. The average molecular weight is 344 g/mol. The van der Waals surface area contributed by atoms with Crippen molar-refractivity contribution in [2.75, 3.05) is 12.8 Å². The molecule has 4 aromatic rings. The Balaban J connectivity index is 1.96. The smallest absolute Gasteiger partial charge is 0.165 e. The number of aryl methyl sites for hydroxylation is 1. The Morgan fingerprint density at radius 2 is 1.73 bits per heavy atom. The van der Waals surface area contributed by atoms with E-state index in [9.17, 15) is 0 Å². The molecular formula is C21H20N4O. The number of nitrogens with two attached hydrogens (primary N) is 1. The lowest BCUT2D eigenvalue weighted by molar-refractivity contribution is 0.181. The van der Waals surface area contributed by atoms with Crippen LogP contribution in [0.3, 0.4) is 0 Å². The zero-order chi connectivity index (χ0) is 18.1. The lowest BCUT2D eigenvalue weighted by Crippen LogP contribution is -2.03. The fourth-order valence-corrected chi connectivity index (χ4v) is 3.14. The Labute approximate surface area is 152 Å². The van der Waals surface area contributed by atoms with Crippen molar-refractivity contribution in [2.45, 2.75) is 13.5 Å². The molecule has 0 aliphatic heterocycles. The number of anilines is 1. The first kappa shape index (κ1) is 16.3. The van der Waals surface area contributed by atoms with Gasteiger partial charge in [0, 0.05) is 18.9 Å². The van der Waals surface area contributed by atoms with Gasteiger partial charge in [-0.2, -0.15) is 9.61 Å². The number of hydrogen-bond donors (Lipinski definition) is 1. The van der Waals surface area contributed by atoms with Crippen molar-refractivity contribution < 1.29 is 4.74 Å². The van der Waals surface area contributed by atoms with Crippen molar-refractivity contribution in [3.63, 3.8) is 0 Å². The van der Waals surface area contributed by atoms with Crippen molar-refractivity contribution in [1.29, 1.82) is 0 Å². The van der Waals surface area contributed by atoms with E-state index in [0.29, 0.717) is 12.4 Å². The van der Waals surface area contributed by atoms with Crippen molar-refractivity contribution in [2.24, 2.45) is 0 Å². The molecule has 0 saturated heterocycles. The number of nitrogen functional groups attached to an aromatic ring is 1. The molecule has 0 atom stereocenters. The summed E-state index contributed by atoms with van der Waals surface area (Å²) in [6, 6.07) is 18.3. The molecule has 130 valence electrons. The first-order valence-electron chi connectivity index (χ1n) is 8.46. The quantitative estimate of drug-likeness (QED) is 0.605. The van der Waals surface area contributed by atoms with Crippen LogP contribution in [0, 0.1) is 6.92 Å². The molecule has 0 aliphatic carbocycles. The first-order chi connectivity index (χ1) is 12.7. The molecule has 5 nitrogen and oxygen atoms in total. The molecule has 0 fully saturated rings. The highest BCUT2D eigenvalue weighted by molar-refractivity contribution is 5.84. The van der Waals surface area contributed by atoms with Gasteiger partial charge in [-0.3, -0.25) is 0 Å². The largest absolute Gasteiger partial charge is 0.383 e. The van der Waals surface area contributed by atoms with Crippen LogP contribution in [0.4, 0.5) is 5.82 Å². The molecule has 2 heterocycles. The van der Waals surface area contributed by atoms with E-state index in [0.717, 1.165) is 33.6 Å². The van der Waals surface area contributed by atoms with Gasteiger partial charge < -0.3 is 10.5 Å². The lowest BCUT2D eigenvalue weighted by Gasteiger charge is -2.07. The number of ether oxygens (including phenoxy) is 1. The molecule has 0 aliphatic rings. The Hall–Kier alpha value is -3.18. The highest BCUT2D eigenvalue weighted by Gasteiger charge is 2.19. The fraction of sp³-hybridized carbons (Fsp3) is 0.143. The topological polar surface area (TPSA) is 65.4 Å². The minimum absolute atomic E-state index is 0.396. The Kier molecular flexibility index (Phi) is 4.14. The van der Waals surface area contributed by atoms with Gasteiger partial charge in [-0.25, -0.2) is 4.98 Å². The lowest BCUT2D eigenvalue weighted by atomic mass is 10.0. The standard InChI is InChI=1S/C21H20N4O/c1-14-8-10-16(11-9-14)19-18(13-26-2)24-25-20(22)17(12-23-21(19)25)15-6-4-3-5-7-15/h3-12H,13,22H2,1-2H3. The molecule has 0 spiro atoms. The van der Waals surface area contributed by atoms with Gasteiger partial charge in [0.1, 0.15) is 5.82 Å². The zero-order valence-electron chi connectivity index (χ0n) is 14.8. The van der Waals surface area contributed by atoms with Crippen LogP contribution in [0.25, 0.3) is 27.9 Å². The van der Waals surface area contributed by atoms with Gasteiger partial charge in [0.2, 0.25) is 0 Å². The second kappa shape index (κ2) is 6.61. The monoisotopic (exact) mass is 344 g/mol. The highest BCUT2D eigenvalue weighted by Crippen LogP contribution is 2.32. The van der Waals surface area contributed by atoms with Crippen LogP contribution >= 0.6 is 0 Å². The molecule has 0 unspecified atom stereocenters. The van der Waals surface area contributed by atoms with Gasteiger partial charge in [-0.15, -0.1) is 0 Å². The van der Waals surface area contributed by atoms with Crippen LogP contribution in [-0.4, -0.2) is 21.7 Å². The average Bonchev–Trinajstić information content (AvgIpc) is 3.03. The van der Waals surface area contributed by atoms with E-state index < -0.39 is 0 Å². The molecule has 2 aromatic heterocycles. The summed E-state index contributed by atoms with van der Waals surface area (Å²) in [5, 5.41) is 4.69. The zero-order valence-corrected chi connectivity index (χ0v) is 14.8. The molecular weight excluding hydrogens is 324 g/mol. The van der Waals surface area contributed by atoms with Crippen LogP contribution in [0.2, 0.25) is 0 Å². The predicted molar refractivity (Wildman–Crippen MR) is 104 cm³/mol. The van der Waals surface area contributed by atoms with Crippen LogP contribution in [0.1, 0.15) is 11.3 Å². The summed E-state index contributed by atoms with van der Waals surface area (Å²) in [6.07, 6.45) is 1.82. The maximum atomic E-state index is 6.45. The summed E-state index contributed by atoms with van der Waals surface area (Å²) in [4.78, 5) is 4.68. The molecule has 2 aromatic carbocycles. The van der Waals surface area contributed by atoms with Crippen molar-refractivity contribution >= 4 is 11.5 Å². The number of fused-ring (bicyclic) bond motifs is 1. The summed E-state index contributed by atoms with van der Waals surface area (Å²) >= 11 is 0. The second-order valence-corrected chi connectivity index (χ2v) is 6.28. The van der Waals surface area contributed by atoms with E-state index in [1.165, 1.54) is 5.56 Å². The van der Waals surface area contributed by atoms with E-state index in [1.54, 1.807) is 11.6 Å². The Morgan fingerprint density at radius 3 is 2.42 bits per heavy atom. The third-order valence-electron chi connectivity index (χ3n) is 4.46. The summed E-state index contributed by atoms with van der Waals surface area (Å²) in [5.41, 5.74) is 13.1. The van der Waals surface area contributed by atoms with Crippen LogP contribution < -0.4 is 5.73 Å². The van der Waals surface area contributed by atoms with Crippen molar-refractivity contribution in [3.8, 4) is 22.3 Å². The van der Waals surface area contributed by atoms with Gasteiger partial charge in [-0.1, -0.05) is 60.2 Å². The summed E-state index contributed by atoms with van der Waals surface area (Å²) in [5.74, 6) is 0.567. The summed E-state index contributed by atoms with van der Waals surface area (Å²) < 4.78 is 7.07. The number of hydrogen-bond acceptors (Lipinski definition) is 4. The molecule has 0 amide bonds. The van der Waals surface area contributed by atoms with Gasteiger partial charge >= 0.3 is 0 Å². The van der Waals surface area contributed by atoms with Gasteiger partial charge in [0.25, 0.3) is 0 Å². The van der Waals surface area contributed by atoms with E-state index in [-0.39, 0.29) is 0 Å². The predicted octanol–water partition coefficient (Wildman–Crippen LogP) is 4.10. The van der Waals surface area contributed by atoms with Crippen molar-refractivity contribution in [3.05, 3.63) is 72.1 Å². The highest BCUT2D eigenvalue weighted by atomic mass is 16.5. The minimum atomic E-state index is 0.396. The van der Waals surface area contributed by atoms with E-state index in [4.69, 9.17) is 15.6 Å². The van der Waals surface area contributed by atoms with Gasteiger partial charge in [0.05, 0.1) is 17.9 Å². The molecule has 0 radical (unpaired) electrons. The normalized spacial score (nSPS) is 11.2. The number of benzene rings is 2. The molecule has 0 bridgehead atoms. The number of methoxy groups -OCH3 is 1. The molecule has 2 N–H and O–H groups in total. The Bertz CT molecular complexity index is 1050. The number of rotatable bonds is 4. The van der Waals surface area contributed by atoms with Gasteiger partial charge in [0.15, 0.2) is 5.65 Å². The maximum absolute atomic E-state index is 6.45. The SMILES string of the molecule is COCc1nn2c(N)c(-c3ccccc3)cnc2c1-c1ccc(C)cc1. The third kappa shape index (κ3) is 2.72. The number of aromatic nitrogens is 3.